The van der Waals surface area contributed by atoms with Crippen LogP contribution < -0.4 is 0 Å². The topological polar surface area (TPSA) is 72.8 Å². The molecule has 0 heterocycles. The van der Waals surface area contributed by atoms with Gasteiger partial charge in [0.05, 0.1) is 0 Å². The number of fused-ring (bicyclic) bond motifs is 5. The Morgan fingerprint density at radius 3 is 2.41 bits per heavy atom. The molecule has 0 aromatic carbocycles. The predicted molar refractivity (Wildman–Crippen MR) is 123 cm³/mol. The van der Waals surface area contributed by atoms with Crippen molar-refractivity contribution in [2.75, 3.05) is 14.2 Å². The molecule has 0 bridgehead atoms. The second kappa shape index (κ2) is 8.69. The molecule has 0 amide bonds. The normalized spacial score (nSPS) is 43.8. The lowest BCUT2D eigenvalue weighted by molar-refractivity contribution is -0.258. The van der Waals surface area contributed by atoms with Gasteiger partial charge in [0, 0.05) is 45.8 Å². The zero-order chi connectivity index (χ0) is 23.3. The zero-order valence-corrected chi connectivity index (χ0v) is 20.8. The smallest absolute Gasteiger partial charge is 0.303 e. The zero-order valence-electron chi connectivity index (χ0n) is 20.8. The Hall–Kier alpha value is -0.940. The summed E-state index contributed by atoms with van der Waals surface area (Å²) in [5, 5.41) is 9.02. The maximum Gasteiger partial charge on any atom is 0.303 e. The van der Waals surface area contributed by atoms with Gasteiger partial charge in [0.15, 0.2) is 5.79 Å². The highest BCUT2D eigenvalue weighted by molar-refractivity contribution is 5.83. The summed E-state index contributed by atoms with van der Waals surface area (Å²) in [7, 11) is 3.48. The largest absolute Gasteiger partial charge is 0.481 e. The van der Waals surface area contributed by atoms with Gasteiger partial charge in [-0.1, -0.05) is 20.8 Å². The molecule has 8 atom stereocenters. The number of hydrogen-bond donors (Lipinski definition) is 1. The predicted octanol–water partition coefficient (Wildman–Crippen LogP) is 5.70. The van der Waals surface area contributed by atoms with Gasteiger partial charge in [-0.05, 0) is 85.4 Å². The maximum atomic E-state index is 13.7. The molecular weight excluding hydrogens is 404 g/mol. The second-order valence-corrected chi connectivity index (χ2v) is 12.1. The molecule has 5 nitrogen and oxygen atoms in total. The molecule has 1 N–H and O–H groups in total. The quantitative estimate of drug-likeness (QED) is 0.505. The van der Waals surface area contributed by atoms with Gasteiger partial charge in [0.2, 0.25) is 0 Å². The molecule has 182 valence electrons. The Morgan fingerprint density at radius 1 is 1.06 bits per heavy atom. The molecule has 0 aromatic heterocycles. The van der Waals surface area contributed by atoms with Crippen molar-refractivity contribution in [1.29, 1.82) is 0 Å². The van der Waals surface area contributed by atoms with E-state index >= 15 is 0 Å². The van der Waals surface area contributed by atoms with Gasteiger partial charge in [-0.15, -0.1) is 0 Å². The van der Waals surface area contributed by atoms with E-state index in [4.69, 9.17) is 14.6 Å². The molecule has 32 heavy (non-hydrogen) atoms. The fourth-order valence-corrected chi connectivity index (χ4v) is 9.08. The summed E-state index contributed by atoms with van der Waals surface area (Å²) >= 11 is 0. The van der Waals surface area contributed by atoms with E-state index in [1.54, 1.807) is 14.2 Å². The van der Waals surface area contributed by atoms with Gasteiger partial charge in [-0.2, -0.15) is 0 Å². The number of carboxylic acids is 1. The lowest BCUT2D eigenvalue weighted by atomic mass is 9.44. The molecule has 4 aliphatic carbocycles. The molecule has 4 saturated carbocycles. The monoisotopic (exact) mass is 448 g/mol. The first-order chi connectivity index (χ1) is 15.1. The fraction of sp³-hybridized carbons (Fsp3) is 0.926. The van der Waals surface area contributed by atoms with Crippen LogP contribution in [0.4, 0.5) is 0 Å². The Morgan fingerprint density at radius 2 is 1.75 bits per heavy atom. The van der Waals surface area contributed by atoms with Crippen molar-refractivity contribution in [1.82, 2.24) is 0 Å². The fourth-order valence-electron chi connectivity index (χ4n) is 9.08. The molecule has 0 aliphatic heterocycles. The van der Waals surface area contributed by atoms with E-state index in [9.17, 15) is 9.59 Å². The average Bonchev–Trinajstić information content (AvgIpc) is 3.11. The highest BCUT2D eigenvalue weighted by atomic mass is 16.7. The molecule has 5 heteroatoms. The molecule has 4 rings (SSSR count). The summed E-state index contributed by atoms with van der Waals surface area (Å²) in [4.78, 5) is 24.6. The number of ketones is 1. The van der Waals surface area contributed by atoms with Crippen LogP contribution in [0.2, 0.25) is 0 Å². The highest BCUT2D eigenvalue weighted by Gasteiger charge is 2.64. The Balaban J connectivity index is 1.52. The van der Waals surface area contributed by atoms with Crippen molar-refractivity contribution in [3.05, 3.63) is 0 Å². The Kier molecular flexibility index (Phi) is 6.57. The number of carboxylic acid groups (broad SMARTS) is 1. The van der Waals surface area contributed by atoms with Crippen LogP contribution in [0.25, 0.3) is 0 Å². The van der Waals surface area contributed by atoms with Gasteiger partial charge < -0.3 is 14.6 Å². The van der Waals surface area contributed by atoms with E-state index in [0.29, 0.717) is 41.8 Å². The standard InChI is InChI=1S/C27H44O5/c1-17(7-6-8-23(29)30)19-9-10-20-24-21(11-12-26(19,20)3)25(2)13-14-27(31-4,32-5)16-18(25)15-22(24)28/h17-21,24H,6-16H2,1-5H3,(H,29,30)/t17-,18-,19-,20+,21+,24+,25+,26-/m1/s1. The Labute approximate surface area is 194 Å². The number of ether oxygens (including phenoxy) is 2. The van der Waals surface area contributed by atoms with Crippen LogP contribution in [0.15, 0.2) is 0 Å². The van der Waals surface area contributed by atoms with E-state index in [-0.39, 0.29) is 23.2 Å². The van der Waals surface area contributed by atoms with Crippen molar-refractivity contribution in [2.24, 2.45) is 46.3 Å². The molecular formula is C27H44O5. The van der Waals surface area contributed by atoms with Crippen LogP contribution in [0.5, 0.6) is 0 Å². The molecule has 0 saturated heterocycles. The van der Waals surface area contributed by atoms with Crippen molar-refractivity contribution in [2.45, 2.75) is 97.2 Å². The van der Waals surface area contributed by atoms with Gasteiger partial charge in [0.1, 0.15) is 5.78 Å². The average molecular weight is 449 g/mol. The number of methoxy groups -OCH3 is 2. The second-order valence-electron chi connectivity index (χ2n) is 12.1. The number of carbonyl (C=O) groups excluding carboxylic acids is 1. The molecule has 4 aliphatic rings. The third kappa shape index (κ3) is 3.76. The van der Waals surface area contributed by atoms with Gasteiger partial charge >= 0.3 is 5.97 Å². The van der Waals surface area contributed by atoms with Crippen LogP contribution in [-0.2, 0) is 19.1 Å². The first-order valence-corrected chi connectivity index (χ1v) is 12.9. The van der Waals surface area contributed by atoms with Crippen LogP contribution >= 0.6 is 0 Å². The lowest BCUT2D eigenvalue weighted by Crippen LogP contribution is -2.59. The van der Waals surface area contributed by atoms with E-state index in [0.717, 1.165) is 44.9 Å². The van der Waals surface area contributed by atoms with Crippen molar-refractivity contribution in [3.8, 4) is 0 Å². The van der Waals surface area contributed by atoms with Crippen LogP contribution in [-0.4, -0.2) is 36.9 Å². The maximum absolute atomic E-state index is 13.7. The summed E-state index contributed by atoms with van der Waals surface area (Å²) in [6.07, 6.45) is 10.2. The minimum Gasteiger partial charge on any atom is -0.481 e. The number of hydrogen-bond acceptors (Lipinski definition) is 4. The van der Waals surface area contributed by atoms with Crippen LogP contribution in [0, 0.1) is 46.3 Å². The van der Waals surface area contributed by atoms with Crippen LogP contribution in [0.3, 0.4) is 0 Å². The molecule has 0 radical (unpaired) electrons. The number of Topliss-reactive ketones (excluding diaryl/α,β-unsaturated/α-hetero) is 1. The molecule has 0 unspecified atom stereocenters. The highest BCUT2D eigenvalue weighted by Crippen LogP contribution is 2.68. The Bertz CT molecular complexity index is 730. The molecule has 0 aromatic rings. The lowest BCUT2D eigenvalue weighted by Gasteiger charge is -2.61. The third-order valence-electron chi connectivity index (χ3n) is 11.0. The minimum absolute atomic E-state index is 0.200. The summed E-state index contributed by atoms with van der Waals surface area (Å²) in [5.74, 6) is 1.96. The first-order valence-electron chi connectivity index (χ1n) is 12.9. The van der Waals surface area contributed by atoms with Gasteiger partial charge in [0.25, 0.3) is 0 Å². The first kappa shape index (κ1) is 24.2. The van der Waals surface area contributed by atoms with Crippen molar-refractivity contribution < 1.29 is 24.2 Å². The third-order valence-corrected chi connectivity index (χ3v) is 11.0. The SMILES string of the molecule is COC1(OC)CC[C@@]2(C)[C@H](CC(=O)[C@@H]3[C@@H]2CC[C@]2(C)[C@@H]([C@H](C)CCCC(=O)O)CC[C@@H]32)C1. The number of aliphatic carboxylic acids is 1. The van der Waals surface area contributed by atoms with E-state index in [1.807, 2.05) is 0 Å². The van der Waals surface area contributed by atoms with Crippen molar-refractivity contribution >= 4 is 11.8 Å². The number of carbonyl (C=O) groups is 2. The van der Waals surface area contributed by atoms with Gasteiger partial charge in [-0.25, -0.2) is 0 Å². The van der Waals surface area contributed by atoms with Crippen molar-refractivity contribution in [3.63, 3.8) is 0 Å². The van der Waals surface area contributed by atoms with Crippen LogP contribution in [0.1, 0.15) is 91.4 Å². The van der Waals surface area contributed by atoms with E-state index in [2.05, 4.69) is 20.8 Å². The summed E-state index contributed by atoms with van der Waals surface area (Å²) in [6.45, 7) is 7.24. The number of rotatable bonds is 7. The van der Waals surface area contributed by atoms with E-state index in [1.165, 1.54) is 12.8 Å². The summed E-state index contributed by atoms with van der Waals surface area (Å²) in [5.41, 5.74) is 0.422. The van der Waals surface area contributed by atoms with Gasteiger partial charge in [-0.3, -0.25) is 9.59 Å². The summed E-state index contributed by atoms with van der Waals surface area (Å²) < 4.78 is 11.6. The summed E-state index contributed by atoms with van der Waals surface area (Å²) in [6, 6.07) is 0. The molecule has 0 spiro atoms. The van der Waals surface area contributed by atoms with E-state index < -0.39 is 11.8 Å². The minimum atomic E-state index is -0.692. The molecule has 4 fully saturated rings.